The molecule has 88 valence electrons. The summed E-state index contributed by atoms with van der Waals surface area (Å²) in [7, 11) is 5.09. The van der Waals surface area contributed by atoms with E-state index >= 15 is 0 Å². The Hall–Kier alpha value is -1.39. The highest BCUT2D eigenvalue weighted by Crippen LogP contribution is 2.20. The molecule has 2 N–H and O–H groups in total. The van der Waals surface area contributed by atoms with Gasteiger partial charge in [0.15, 0.2) is 5.54 Å². The standard InChI is InChI=1S/C12H18N2O2/c1-14(2)9-12(13,11(15)16-3)10-7-5-4-6-8-10/h4-8H,9,13H2,1-3H3. The molecule has 0 aliphatic carbocycles. The number of benzene rings is 1. The Labute approximate surface area is 96.0 Å². The molecule has 4 heteroatoms. The Morgan fingerprint density at radius 2 is 1.94 bits per heavy atom. The van der Waals surface area contributed by atoms with Crippen LogP contribution in [0.25, 0.3) is 0 Å². The van der Waals surface area contributed by atoms with Crippen LogP contribution in [0.1, 0.15) is 5.56 Å². The van der Waals surface area contributed by atoms with E-state index < -0.39 is 11.5 Å². The first kappa shape index (κ1) is 12.7. The second-order valence-electron chi connectivity index (χ2n) is 4.07. The number of ether oxygens (including phenoxy) is 1. The number of hydrogen-bond donors (Lipinski definition) is 1. The SMILES string of the molecule is COC(=O)C(N)(CN(C)C)c1ccccc1. The van der Waals surface area contributed by atoms with Gasteiger partial charge in [0.05, 0.1) is 7.11 Å². The van der Waals surface area contributed by atoms with Gasteiger partial charge >= 0.3 is 5.97 Å². The molecule has 1 rings (SSSR count). The highest BCUT2D eigenvalue weighted by Gasteiger charge is 2.37. The van der Waals surface area contributed by atoms with Gasteiger partial charge in [-0.15, -0.1) is 0 Å². The molecule has 1 unspecified atom stereocenters. The molecule has 16 heavy (non-hydrogen) atoms. The Kier molecular flexibility index (Phi) is 4.04. The molecule has 0 aliphatic heterocycles. The van der Waals surface area contributed by atoms with Crippen LogP contribution in [0, 0.1) is 0 Å². The van der Waals surface area contributed by atoms with Crippen molar-refractivity contribution < 1.29 is 9.53 Å². The van der Waals surface area contributed by atoms with Gasteiger partial charge in [-0.2, -0.15) is 0 Å². The molecule has 0 saturated heterocycles. The topological polar surface area (TPSA) is 55.6 Å². The van der Waals surface area contributed by atoms with E-state index in [1.165, 1.54) is 7.11 Å². The molecule has 0 radical (unpaired) electrons. The van der Waals surface area contributed by atoms with Gasteiger partial charge < -0.3 is 15.4 Å². The van der Waals surface area contributed by atoms with Crippen molar-refractivity contribution in [2.24, 2.45) is 5.73 Å². The van der Waals surface area contributed by atoms with Crippen LogP contribution in [-0.2, 0) is 15.1 Å². The molecule has 0 fully saturated rings. The van der Waals surface area contributed by atoms with E-state index in [0.717, 1.165) is 5.56 Å². The summed E-state index contributed by atoms with van der Waals surface area (Å²) in [5.74, 6) is -0.424. The number of methoxy groups -OCH3 is 1. The number of nitrogens with two attached hydrogens (primary N) is 1. The van der Waals surface area contributed by atoms with Crippen molar-refractivity contribution in [1.82, 2.24) is 4.90 Å². The Morgan fingerprint density at radius 3 is 2.38 bits per heavy atom. The Bertz CT molecular complexity index is 351. The van der Waals surface area contributed by atoms with Crippen molar-refractivity contribution in [2.45, 2.75) is 5.54 Å². The molecule has 0 amide bonds. The first-order valence-corrected chi connectivity index (χ1v) is 5.08. The number of likely N-dealkylation sites (N-methyl/N-ethyl adjacent to an activating group) is 1. The fraction of sp³-hybridized carbons (Fsp3) is 0.417. The van der Waals surface area contributed by atoms with Gasteiger partial charge in [0.2, 0.25) is 0 Å². The number of esters is 1. The van der Waals surface area contributed by atoms with E-state index in [1.807, 2.05) is 49.3 Å². The van der Waals surface area contributed by atoms with Crippen LogP contribution >= 0.6 is 0 Å². The van der Waals surface area contributed by atoms with Crippen LogP contribution in [0.15, 0.2) is 30.3 Å². The fourth-order valence-electron chi connectivity index (χ4n) is 1.69. The highest BCUT2D eigenvalue weighted by molar-refractivity contribution is 5.82. The second-order valence-corrected chi connectivity index (χ2v) is 4.07. The summed E-state index contributed by atoms with van der Waals surface area (Å²) in [6, 6.07) is 9.27. The maximum absolute atomic E-state index is 11.8. The number of hydrogen-bond acceptors (Lipinski definition) is 4. The summed E-state index contributed by atoms with van der Waals surface area (Å²) >= 11 is 0. The Balaban J connectivity index is 3.09. The summed E-state index contributed by atoms with van der Waals surface area (Å²) in [6.45, 7) is 0.406. The molecule has 0 saturated carbocycles. The van der Waals surface area contributed by atoms with E-state index in [0.29, 0.717) is 6.54 Å². The monoisotopic (exact) mass is 222 g/mol. The molecule has 1 atom stereocenters. The van der Waals surface area contributed by atoms with Gasteiger partial charge in [-0.05, 0) is 19.7 Å². The zero-order chi connectivity index (χ0) is 12.2. The minimum Gasteiger partial charge on any atom is -0.467 e. The lowest BCUT2D eigenvalue weighted by Gasteiger charge is -2.29. The zero-order valence-corrected chi connectivity index (χ0v) is 9.93. The van der Waals surface area contributed by atoms with Crippen molar-refractivity contribution in [3.8, 4) is 0 Å². The molecule has 0 bridgehead atoms. The first-order valence-electron chi connectivity index (χ1n) is 5.08. The van der Waals surface area contributed by atoms with E-state index in [9.17, 15) is 4.79 Å². The van der Waals surface area contributed by atoms with Crippen LogP contribution < -0.4 is 5.73 Å². The number of carbonyl (C=O) groups is 1. The molecule has 0 aromatic heterocycles. The summed E-state index contributed by atoms with van der Waals surface area (Å²) in [6.07, 6.45) is 0. The first-order chi connectivity index (χ1) is 7.50. The Morgan fingerprint density at radius 1 is 1.38 bits per heavy atom. The lowest BCUT2D eigenvalue weighted by atomic mass is 9.90. The maximum Gasteiger partial charge on any atom is 0.331 e. The van der Waals surface area contributed by atoms with Crippen molar-refractivity contribution in [3.05, 3.63) is 35.9 Å². The largest absolute Gasteiger partial charge is 0.467 e. The summed E-state index contributed by atoms with van der Waals surface area (Å²) in [4.78, 5) is 13.7. The van der Waals surface area contributed by atoms with Crippen molar-refractivity contribution in [1.29, 1.82) is 0 Å². The van der Waals surface area contributed by atoms with Gasteiger partial charge in [-0.1, -0.05) is 30.3 Å². The van der Waals surface area contributed by atoms with Gasteiger partial charge in [0.25, 0.3) is 0 Å². The predicted molar refractivity (Wildman–Crippen MR) is 62.9 cm³/mol. The summed E-state index contributed by atoms with van der Waals surface area (Å²) in [5, 5.41) is 0. The van der Waals surface area contributed by atoms with Gasteiger partial charge in [0, 0.05) is 6.54 Å². The lowest BCUT2D eigenvalue weighted by molar-refractivity contribution is -0.148. The summed E-state index contributed by atoms with van der Waals surface area (Å²) in [5.41, 5.74) is 5.81. The van der Waals surface area contributed by atoms with Crippen LogP contribution in [0.3, 0.4) is 0 Å². The molecular formula is C12H18N2O2. The van der Waals surface area contributed by atoms with Gasteiger partial charge in [0.1, 0.15) is 0 Å². The van der Waals surface area contributed by atoms with Gasteiger partial charge in [-0.25, -0.2) is 4.79 Å². The lowest BCUT2D eigenvalue weighted by Crippen LogP contribution is -2.52. The van der Waals surface area contributed by atoms with E-state index in [4.69, 9.17) is 10.5 Å². The fourth-order valence-corrected chi connectivity index (χ4v) is 1.69. The molecule has 0 aliphatic rings. The predicted octanol–water partition coefficient (Wildman–Crippen LogP) is 0.575. The maximum atomic E-state index is 11.8. The molecule has 1 aromatic carbocycles. The van der Waals surface area contributed by atoms with E-state index in [-0.39, 0.29) is 0 Å². The zero-order valence-electron chi connectivity index (χ0n) is 9.93. The third kappa shape index (κ3) is 2.59. The van der Waals surface area contributed by atoms with Crippen LogP contribution in [0.2, 0.25) is 0 Å². The normalized spacial score (nSPS) is 14.6. The van der Waals surface area contributed by atoms with E-state index in [2.05, 4.69) is 0 Å². The van der Waals surface area contributed by atoms with Crippen LogP contribution in [-0.4, -0.2) is 38.6 Å². The number of rotatable bonds is 4. The quantitative estimate of drug-likeness (QED) is 0.757. The van der Waals surface area contributed by atoms with Gasteiger partial charge in [-0.3, -0.25) is 0 Å². The van der Waals surface area contributed by atoms with Crippen molar-refractivity contribution >= 4 is 5.97 Å². The van der Waals surface area contributed by atoms with Crippen LogP contribution in [0.5, 0.6) is 0 Å². The second kappa shape index (κ2) is 5.09. The summed E-state index contributed by atoms with van der Waals surface area (Å²) < 4.78 is 4.78. The van der Waals surface area contributed by atoms with E-state index in [1.54, 1.807) is 0 Å². The van der Waals surface area contributed by atoms with Crippen molar-refractivity contribution in [2.75, 3.05) is 27.7 Å². The molecular weight excluding hydrogens is 204 g/mol. The molecule has 4 nitrogen and oxygen atoms in total. The smallest absolute Gasteiger partial charge is 0.331 e. The number of carbonyl (C=O) groups excluding carboxylic acids is 1. The van der Waals surface area contributed by atoms with Crippen LogP contribution in [0.4, 0.5) is 0 Å². The molecule has 0 heterocycles. The third-order valence-corrected chi connectivity index (χ3v) is 2.40. The molecule has 0 spiro atoms. The average molecular weight is 222 g/mol. The average Bonchev–Trinajstić information content (AvgIpc) is 2.28. The minimum atomic E-state index is -1.11. The number of nitrogens with zero attached hydrogens (tertiary/aromatic N) is 1. The third-order valence-electron chi connectivity index (χ3n) is 2.40. The minimum absolute atomic E-state index is 0.406. The molecule has 1 aromatic rings. The highest BCUT2D eigenvalue weighted by atomic mass is 16.5. The van der Waals surface area contributed by atoms with Crippen molar-refractivity contribution in [3.63, 3.8) is 0 Å².